The number of nitrogens with zero attached hydrogens (tertiary/aromatic N) is 1. The molecule has 0 atom stereocenters. The molecule has 1 aliphatic carbocycles. The summed E-state index contributed by atoms with van der Waals surface area (Å²) >= 11 is 0. The minimum atomic E-state index is -0.0901. The number of nitrogens with one attached hydrogen (secondary N) is 2. The quantitative estimate of drug-likeness (QED) is 0.514. The van der Waals surface area contributed by atoms with Crippen LogP contribution in [0.3, 0.4) is 0 Å². The fourth-order valence-corrected chi connectivity index (χ4v) is 4.10. The number of amides is 1. The largest absolute Gasteiger partial charge is 0.493 e. The van der Waals surface area contributed by atoms with E-state index in [1.54, 1.807) is 0 Å². The molecule has 5 nitrogen and oxygen atoms in total. The molecule has 0 bridgehead atoms. The van der Waals surface area contributed by atoms with Gasteiger partial charge in [-0.1, -0.05) is 19.3 Å². The van der Waals surface area contributed by atoms with Gasteiger partial charge < -0.3 is 15.4 Å². The van der Waals surface area contributed by atoms with E-state index in [0.29, 0.717) is 5.92 Å². The number of aryl methyl sites for hydroxylation is 1. The zero-order valence-corrected chi connectivity index (χ0v) is 17.7. The first-order valence-electron chi connectivity index (χ1n) is 10.8. The predicted octanol–water partition coefficient (Wildman–Crippen LogP) is 6.20. The van der Waals surface area contributed by atoms with Crippen LogP contribution in [0.2, 0.25) is 0 Å². The van der Waals surface area contributed by atoms with Crippen molar-refractivity contribution in [2.75, 3.05) is 17.2 Å². The van der Waals surface area contributed by atoms with E-state index in [4.69, 9.17) is 4.74 Å². The number of pyridine rings is 1. The summed E-state index contributed by atoms with van der Waals surface area (Å²) in [6.45, 7) is 4.30. The zero-order chi connectivity index (χ0) is 20.9. The molecule has 1 aliphatic rings. The van der Waals surface area contributed by atoms with Gasteiger partial charge in [0.15, 0.2) is 0 Å². The molecular formula is C25H29N3O2. The van der Waals surface area contributed by atoms with E-state index in [9.17, 15) is 4.79 Å². The molecule has 0 unspecified atom stereocenters. The van der Waals surface area contributed by atoms with Crippen LogP contribution in [0.4, 0.5) is 17.1 Å². The number of anilines is 3. The van der Waals surface area contributed by atoms with E-state index in [-0.39, 0.29) is 5.91 Å². The molecule has 5 heteroatoms. The zero-order valence-electron chi connectivity index (χ0n) is 17.7. The smallest absolute Gasteiger partial charge is 0.221 e. The van der Waals surface area contributed by atoms with Crippen molar-refractivity contribution in [2.45, 2.75) is 46.0 Å². The maximum Gasteiger partial charge on any atom is 0.221 e. The molecule has 1 heterocycles. The summed E-state index contributed by atoms with van der Waals surface area (Å²) in [6.07, 6.45) is 6.61. The Morgan fingerprint density at radius 3 is 2.50 bits per heavy atom. The summed E-state index contributed by atoms with van der Waals surface area (Å²) in [4.78, 5) is 16.0. The van der Waals surface area contributed by atoms with E-state index in [1.807, 2.05) is 55.5 Å². The Morgan fingerprint density at radius 2 is 1.77 bits per heavy atom. The molecule has 1 amide bonds. The number of rotatable bonds is 6. The summed E-state index contributed by atoms with van der Waals surface area (Å²) in [5.41, 5.74) is 4.52. The highest BCUT2D eigenvalue weighted by Crippen LogP contribution is 2.30. The average molecular weight is 404 g/mol. The minimum Gasteiger partial charge on any atom is -0.493 e. The van der Waals surface area contributed by atoms with Crippen LogP contribution < -0.4 is 15.4 Å². The predicted molar refractivity (Wildman–Crippen MR) is 123 cm³/mol. The van der Waals surface area contributed by atoms with Crippen LogP contribution in [0.15, 0.2) is 48.5 Å². The van der Waals surface area contributed by atoms with Crippen LogP contribution in [0.1, 0.15) is 44.7 Å². The van der Waals surface area contributed by atoms with Crippen molar-refractivity contribution in [2.24, 2.45) is 5.92 Å². The lowest BCUT2D eigenvalue weighted by Gasteiger charge is -2.21. The summed E-state index contributed by atoms with van der Waals surface area (Å²) in [5.74, 6) is 1.52. The maximum absolute atomic E-state index is 11.4. The van der Waals surface area contributed by atoms with Crippen LogP contribution in [0.25, 0.3) is 10.9 Å². The van der Waals surface area contributed by atoms with Gasteiger partial charge >= 0.3 is 0 Å². The first-order chi connectivity index (χ1) is 14.6. The third kappa shape index (κ3) is 5.09. The summed E-state index contributed by atoms with van der Waals surface area (Å²) in [7, 11) is 0. The first-order valence-corrected chi connectivity index (χ1v) is 10.8. The Bertz CT molecular complexity index is 1020. The highest BCUT2D eigenvalue weighted by atomic mass is 16.5. The molecule has 4 rings (SSSR count). The lowest BCUT2D eigenvalue weighted by molar-refractivity contribution is -0.114. The Balaban J connectivity index is 1.49. The number of ether oxygens (including phenoxy) is 1. The van der Waals surface area contributed by atoms with Crippen LogP contribution in [-0.2, 0) is 4.79 Å². The Kier molecular flexibility index (Phi) is 6.17. The maximum atomic E-state index is 11.4. The Labute approximate surface area is 177 Å². The van der Waals surface area contributed by atoms with Gasteiger partial charge in [0, 0.05) is 35.1 Å². The Hall–Kier alpha value is -3.08. The molecular weight excluding hydrogens is 374 g/mol. The fraction of sp³-hybridized carbons (Fsp3) is 0.360. The molecule has 156 valence electrons. The Morgan fingerprint density at radius 1 is 1.03 bits per heavy atom. The van der Waals surface area contributed by atoms with Crippen LogP contribution in [0, 0.1) is 12.8 Å². The summed E-state index contributed by atoms with van der Waals surface area (Å²) in [5, 5.41) is 7.30. The molecule has 2 aromatic carbocycles. The highest BCUT2D eigenvalue weighted by Gasteiger charge is 2.14. The number of carbonyl (C=O) groups excluding carboxylic acids is 1. The van der Waals surface area contributed by atoms with Crippen molar-refractivity contribution < 1.29 is 9.53 Å². The molecule has 1 saturated carbocycles. The molecule has 2 N–H and O–H groups in total. The van der Waals surface area contributed by atoms with Crippen molar-refractivity contribution in [1.82, 2.24) is 4.98 Å². The van der Waals surface area contributed by atoms with Crippen molar-refractivity contribution in [3.8, 4) is 5.75 Å². The van der Waals surface area contributed by atoms with Gasteiger partial charge in [-0.05, 0) is 74.2 Å². The van der Waals surface area contributed by atoms with E-state index in [1.165, 1.54) is 39.0 Å². The van der Waals surface area contributed by atoms with E-state index in [0.717, 1.165) is 46.0 Å². The number of hydrogen-bond donors (Lipinski definition) is 2. The standard InChI is InChI=1S/C25H29N3O2/c1-17-14-25(23-15-21(27-18(2)29)10-13-24(23)26-17)28-20-8-11-22(12-9-20)30-16-19-6-4-3-5-7-19/h8-15,19H,3-7,16H2,1-2H3,(H,26,28)(H,27,29). The second kappa shape index (κ2) is 9.16. The summed E-state index contributed by atoms with van der Waals surface area (Å²) < 4.78 is 6.01. The summed E-state index contributed by atoms with van der Waals surface area (Å²) in [6, 6.07) is 15.9. The van der Waals surface area contributed by atoms with Gasteiger partial charge in [-0.3, -0.25) is 9.78 Å². The lowest BCUT2D eigenvalue weighted by Crippen LogP contribution is -2.15. The van der Waals surface area contributed by atoms with Crippen molar-refractivity contribution >= 4 is 33.9 Å². The molecule has 30 heavy (non-hydrogen) atoms. The average Bonchev–Trinajstić information content (AvgIpc) is 2.74. The molecule has 0 saturated heterocycles. The van der Waals surface area contributed by atoms with Gasteiger partial charge in [0.05, 0.1) is 12.1 Å². The van der Waals surface area contributed by atoms with E-state index >= 15 is 0 Å². The van der Waals surface area contributed by atoms with Gasteiger partial charge in [-0.2, -0.15) is 0 Å². The lowest BCUT2D eigenvalue weighted by atomic mass is 9.90. The van der Waals surface area contributed by atoms with Gasteiger partial charge in [0.25, 0.3) is 0 Å². The number of fused-ring (bicyclic) bond motifs is 1. The van der Waals surface area contributed by atoms with Crippen LogP contribution in [-0.4, -0.2) is 17.5 Å². The normalized spacial score (nSPS) is 14.5. The second-order valence-corrected chi connectivity index (χ2v) is 8.19. The molecule has 0 radical (unpaired) electrons. The molecule has 0 aliphatic heterocycles. The first kappa shape index (κ1) is 20.2. The molecule has 3 aromatic rings. The second-order valence-electron chi connectivity index (χ2n) is 8.19. The van der Waals surface area contributed by atoms with Crippen molar-refractivity contribution in [3.63, 3.8) is 0 Å². The van der Waals surface area contributed by atoms with Gasteiger partial charge in [-0.25, -0.2) is 0 Å². The third-order valence-corrected chi connectivity index (χ3v) is 5.60. The monoisotopic (exact) mass is 403 g/mol. The number of carbonyl (C=O) groups is 1. The molecule has 0 spiro atoms. The third-order valence-electron chi connectivity index (χ3n) is 5.60. The van der Waals surface area contributed by atoms with Gasteiger partial charge in [0.2, 0.25) is 5.91 Å². The number of aromatic nitrogens is 1. The highest BCUT2D eigenvalue weighted by molar-refractivity contribution is 5.98. The van der Waals surface area contributed by atoms with Crippen LogP contribution in [0.5, 0.6) is 5.75 Å². The number of hydrogen-bond acceptors (Lipinski definition) is 4. The van der Waals surface area contributed by atoms with Crippen LogP contribution >= 0.6 is 0 Å². The van der Waals surface area contributed by atoms with Gasteiger partial charge in [-0.15, -0.1) is 0 Å². The fourth-order valence-electron chi connectivity index (χ4n) is 4.10. The number of benzene rings is 2. The minimum absolute atomic E-state index is 0.0901. The molecule has 1 fully saturated rings. The van der Waals surface area contributed by atoms with Crippen molar-refractivity contribution in [3.05, 3.63) is 54.2 Å². The SMILES string of the molecule is CC(=O)Nc1ccc2nc(C)cc(Nc3ccc(OCC4CCCCC4)cc3)c2c1. The van der Waals surface area contributed by atoms with Crippen molar-refractivity contribution in [1.29, 1.82) is 0 Å². The van der Waals surface area contributed by atoms with Gasteiger partial charge in [0.1, 0.15) is 5.75 Å². The van der Waals surface area contributed by atoms with E-state index in [2.05, 4.69) is 15.6 Å². The molecule has 1 aromatic heterocycles. The van der Waals surface area contributed by atoms with E-state index < -0.39 is 0 Å². The topological polar surface area (TPSA) is 63.2 Å².